The van der Waals surface area contributed by atoms with Gasteiger partial charge in [-0.25, -0.2) is 4.39 Å². The zero-order valence-corrected chi connectivity index (χ0v) is 14.4. The number of halogens is 1. The van der Waals surface area contributed by atoms with Crippen molar-refractivity contribution in [2.24, 2.45) is 11.3 Å². The summed E-state index contributed by atoms with van der Waals surface area (Å²) in [5.41, 5.74) is -0.405. The summed E-state index contributed by atoms with van der Waals surface area (Å²) in [4.78, 5) is 37.2. The number of hydrogen-bond donors (Lipinski definition) is 2. The van der Waals surface area contributed by atoms with Crippen molar-refractivity contribution in [3.63, 3.8) is 0 Å². The molecular formula is C18H23FN2O4. The van der Waals surface area contributed by atoms with E-state index in [1.54, 1.807) is 6.07 Å². The lowest BCUT2D eigenvalue weighted by atomic mass is 9.76. The molecule has 0 saturated carbocycles. The van der Waals surface area contributed by atoms with Gasteiger partial charge in [-0.05, 0) is 30.0 Å². The van der Waals surface area contributed by atoms with Gasteiger partial charge in [0, 0.05) is 13.1 Å². The lowest BCUT2D eigenvalue weighted by Crippen LogP contribution is -2.43. The maximum absolute atomic E-state index is 13.1. The maximum atomic E-state index is 13.1. The molecule has 2 rings (SSSR count). The van der Waals surface area contributed by atoms with E-state index in [1.807, 2.05) is 13.8 Å². The zero-order chi connectivity index (χ0) is 18.6. The minimum absolute atomic E-state index is 0.0178. The van der Waals surface area contributed by atoms with Crippen molar-refractivity contribution in [2.75, 3.05) is 19.6 Å². The van der Waals surface area contributed by atoms with E-state index >= 15 is 0 Å². The Bertz CT molecular complexity index is 677. The molecule has 1 fully saturated rings. The normalized spacial score (nSPS) is 19.9. The van der Waals surface area contributed by atoms with Gasteiger partial charge in [-0.2, -0.15) is 0 Å². The number of carboxylic acid groups (broad SMARTS) is 1. The van der Waals surface area contributed by atoms with E-state index in [4.69, 9.17) is 0 Å². The largest absolute Gasteiger partial charge is 0.481 e. The summed E-state index contributed by atoms with van der Waals surface area (Å²) >= 11 is 0. The van der Waals surface area contributed by atoms with Crippen LogP contribution in [0.4, 0.5) is 4.39 Å². The average molecular weight is 350 g/mol. The van der Waals surface area contributed by atoms with Crippen LogP contribution in [0.5, 0.6) is 0 Å². The Labute approximate surface area is 146 Å². The molecule has 136 valence electrons. The Kier molecular flexibility index (Phi) is 5.77. The first-order valence-corrected chi connectivity index (χ1v) is 8.27. The van der Waals surface area contributed by atoms with Crippen LogP contribution in [0.1, 0.15) is 25.8 Å². The minimum Gasteiger partial charge on any atom is -0.481 e. The van der Waals surface area contributed by atoms with Crippen LogP contribution >= 0.6 is 0 Å². The van der Waals surface area contributed by atoms with Crippen LogP contribution in [-0.2, 0) is 20.8 Å². The fraction of sp³-hybridized carbons (Fsp3) is 0.500. The summed E-state index contributed by atoms with van der Waals surface area (Å²) in [7, 11) is 0. The van der Waals surface area contributed by atoms with Gasteiger partial charge in [0.2, 0.25) is 11.8 Å². The zero-order valence-electron chi connectivity index (χ0n) is 14.4. The molecule has 2 N–H and O–H groups in total. The number of likely N-dealkylation sites (tertiary alicyclic amines) is 1. The number of amides is 2. The Hall–Kier alpha value is -2.44. The van der Waals surface area contributed by atoms with E-state index in [2.05, 4.69) is 5.32 Å². The van der Waals surface area contributed by atoms with Crippen molar-refractivity contribution in [1.82, 2.24) is 10.2 Å². The van der Waals surface area contributed by atoms with Gasteiger partial charge in [0.1, 0.15) is 5.82 Å². The third-order valence-electron chi connectivity index (χ3n) is 4.88. The molecule has 1 saturated heterocycles. The molecule has 0 spiro atoms. The van der Waals surface area contributed by atoms with E-state index < -0.39 is 17.2 Å². The Morgan fingerprint density at radius 2 is 2.08 bits per heavy atom. The van der Waals surface area contributed by atoms with Gasteiger partial charge in [-0.3, -0.25) is 14.4 Å². The molecule has 25 heavy (non-hydrogen) atoms. The molecular weight excluding hydrogens is 327 g/mol. The highest BCUT2D eigenvalue weighted by molar-refractivity contribution is 5.86. The first kappa shape index (κ1) is 18.9. The summed E-state index contributed by atoms with van der Waals surface area (Å²) in [5.74, 6) is -2.10. The van der Waals surface area contributed by atoms with E-state index in [1.165, 1.54) is 23.1 Å². The molecule has 1 heterocycles. The summed E-state index contributed by atoms with van der Waals surface area (Å²) in [5, 5.41) is 12.0. The summed E-state index contributed by atoms with van der Waals surface area (Å²) in [6.45, 7) is 4.00. The molecule has 7 heteroatoms. The third-order valence-corrected chi connectivity index (χ3v) is 4.88. The van der Waals surface area contributed by atoms with Crippen LogP contribution in [-0.4, -0.2) is 47.4 Å². The predicted octanol–water partition coefficient (Wildman–Crippen LogP) is 1.44. The molecule has 1 aromatic carbocycles. The Balaban J connectivity index is 1.86. The lowest BCUT2D eigenvalue weighted by Gasteiger charge is -2.28. The Morgan fingerprint density at radius 3 is 2.64 bits per heavy atom. The molecule has 0 aromatic heterocycles. The second-order valence-corrected chi connectivity index (χ2v) is 6.76. The van der Waals surface area contributed by atoms with Crippen molar-refractivity contribution in [3.05, 3.63) is 35.6 Å². The molecule has 1 aliphatic heterocycles. The van der Waals surface area contributed by atoms with Crippen LogP contribution in [0.3, 0.4) is 0 Å². The van der Waals surface area contributed by atoms with Crippen LogP contribution < -0.4 is 5.32 Å². The van der Waals surface area contributed by atoms with Gasteiger partial charge in [-0.15, -0.1) is 0 Å². The van der Waals surface area contributed by atoms with Crippen LogP contribution in [0.25, 0.3) is 0 Å². The first-order chi connectivity index (χ1) is 11.7. The molecule has 1 unspecified atom stereocenters. The van der Waals surface area contributed by atoms with E-state index in [9.17, 15) is 23.9 Å². The second kappa shape index (κ2) is 7.63. The molecule has 0 bridgehead atoms. The predicted molar refractivity (Wildman–Crippen MR) is 89.2 cm³/mol. The monoisotopic (exact) mass is 350 g/mol. The van der Waals surface area contributed by atoms with Crippen molar-refractivity contribution < 1.29 is 23.9 Å². The number of benzene rings is 1. The van der Waals surface area contributed by atoms with Crippen molar-refractivity contribution in [2.45, 2.75) is 26.7 Å². The number of rotatable bonds is 6. The molecule has 2 amide bonds. The highest BCUT2D eigenvalue weighted by Crippen LogP contribution is 2.38. The second-order valence-electron chi connectivity index (χ2n) is 6.76. The lowest BCUT2D eigenvalue weighted by molar-refractivity contribution is -0.151. The van der Waals surface area contributed by atoms with Crippen LogP contribution in [0.2, 0.25) is 0 Å². The smallest absolute Gasteiger partial charge is 0.311 e. The van der Waals surface area contributed by atoms with Gasteiger partial charge in [-0.1, -0.05) is 26.0 Å². The molecule has 6 nitrogen and oxygen atoms in total. The van der Waals surface area contributed by atoms with Crippen LogP contribution in [0.15, 0.2) is 24.3 Å². The maximum Gasteiger partial charge on any atom is 0.311 e. The Morgan fingerprint density at radius 1 is 1.36 bits per heavy atom. The summed E-state index contributed by atoms with van der Waals surface area (Å²) in [6, 6.07) is 5.72. The van der Waals surface area contributed by atoms with Crippen molar-refractivity contribution in [1.29, 1.82) is 0 Å². The number of carboxylic acids is 1. The average Bonchev–Trinajstić information content (AvgIpc) is 2.99. The quantitative estimate of drug-likeness (QED) is 0.813. The fourth-order valence-electron chi connectivity index (χ4n) is 3.12. The van der Waals surface area contributed by atoms with Gasteiger partial charge in [0.25, 0.3) is 0 Å². The number of aliphatic carboxylic acids is 1. The van der Waals surface area contributed by atoms with Gasteiger partial charge in [0.15, 0.2) is 0 Å². The topological polar surface area (TPSA) is 86.7 Å². The van der Waals surface area contributed by atoms with Gasteiger partial charge >= 0.3 is 5.97 Å². The van der Waals surface area contributed by atoms with Crippen molar-refractivity contribution >= 4 is 17.8 Å². The fourth-order valence-corrected chi connectivity index (χ4v) is 3.12. The molecule has 0 aliphatic carbocycles. The summed E-state index contributed by atoms with van der Waals surface area (Å²) < 4.78 is 13.1. The number of carbonyl (C=O) groups is 3. The number of carbonyl (C=O) groups excluding carboxylic acids is 2. The summed E-state index contributed by atoms with van der Waals surface area (Å²) in [6.07, 6.45) is 0.388. The molecule has 1 aromatic rings. The number of nitrogens with one attached hydrogen (secondary N) is 1. The van der Waals surface area contributed by atoms with E-state index in [0.29, 0.717) is 18.5 Å². The SMILES string of the molecule is CC(C)C1(C(=O)O)CCN(C(=O)CNC(=O)Cc2cccc(F)c2)C1. The highest BCUT2D eigenvalue weighted by Gasteiger charge is 2.48. The highest BCUT2D eigenvalue weighted by atomic mass is 19.1. The molecule has 1 atom stereocenters. The standard InChI is InChI=1S/C18H23FN2O4/c1-12(2)18(17(24)25)6-7-21(11-18)16(23)10-20-15(22)9-13-4-3-5-14(19)8-13/h3-5,8,12H,6-7,9-11H2,1-2H3,(H,20,22)(H,24,25). The van der Waals surface area contributed by atoms with Gasteiger partial charge < -0.3 is 15.3 Å². The minimum atomic E-state index is -0.929. The van der Waals surface area contributed by atoms with E-state index in [0.717, 1.165) is 0 Å². The van der Waals surface area contributed by atoms with Gasteiger partial charge in [0.05, 0.1) is 18.4 Å². The molecule has 1 aliphatic rings. The molecule has 0 radical (unpaired) electrons. The first-order valence-electron chi connectivity index (χ1n) is 8.27. The van der Waals surface area contributed by atoms with Crippen LogP contribution in [0, 0.1) is 17.2 Å². The number of hydrogen-bond acceptors (Lipinski definition) is 3. The third kappa shape index (κ3) is 4.35. The van der Waals surface area contributed by atoms with Crippen molar-refractivity contribution in [3.8, 4) is 0 Å². The van der Waals surface area contributed by atoms with E-state index in [-0.39, 0.29) is 37.2 Å². The number of nitrogens with zero attached hydrogens (tertiary/aromatic N) is 1.